The van der Waals surface area contributed by atoms with Crippen LogP contribution >= 0.6 is 0 Å². The third kappa shape index (κ3) is 1.37. The first-order chi connectivity index (χ1) is 8.46. The zero-order valence-corrected chi connectivity index (χ0v) is 11.4. The van der Waals surface area contributed by atoms with Gasteiger partial charge in [0.1, 0.15) is 6.10 Å². The molecule has 1 aliphatic heterocycles. The van der Waals surface area contributed by atoms with Gasteiger partial charge < -0.3 is 9.84 Å². The predicted molar refractivity (Wildman–Crippen MR) is 67.8 cm³/mol. The minimum Gasteiger partial charge on any atom is -0.454 e. The lowest BCUT2D eigenvalue weighted by Gasteiger charge is -2.53. The van der Waals surface area contributed by atoms with Crippen molar-refractivity contribution in [2.45, 2.75) is 58.7 Å². The van der Waals surface area contributed by atoms with Crippen molar-refractivity contribution in [1.29, 1.82) is 0 Å². The third-order valence-electron chi connectivity index (χ3n) is 5.85. The van der Waals surface area contributed by atoms with E-state index in [1.807, 2.05) is 0 Å². The largest absolute Gasteiger partial charge is 0.454 e. The summed E-state index contributed by atoms with van der Waals surface area (Å²) >= 11 is 0. The number of ether oxygens (including phenoxy) is 1. The highest BCUT2D eigenvalue weighted by Gasteiger charge is 2.56. The molecule has 0 aromatic heterocycles. The van der Waals surface area contributed by atoms with Gasteiger partial charge >= 0.3 is 5.97 Å². The summed E-state index contributed by atoms with van der Waals surface area (Å²) in [4.78, 5) is 11.7. The topological polar surface area (TPSA) is 46.5 Å². The van der Waals surface area contributed by atoms with Crippen molar-refractivity contribution < 1.29 is 14.6 Å². The molecule has 0 spiro atoms. The average Bonchev–Trinajstić information content (AvgIpc) is 2.60. The molecule has 2 aliphatic carbocycles. The van der Waals surface area contributed by atoms with Crippen LogP contribution < -0.4 is 0 Å². The average molecular weight is 250 g/mol. The monoisotopic (exact) mass is 250 g/mol. The number of carbonyl (C=O) groups is 1. The fourth-order valence-electron chi connectivity index (χ4n) is 4.35. The van der Waals surface area contributed by atoms with Gasteiger partial charge in [-0.1, -0.05) is 26.7 Å². The van der Waals surface area contributed by atoms with Crippen LogP contribution in [0.15, 0.2) is 11.1 Å². The van der Waals surface area contributed by atoms with Gasteiger partial charge in [0.05, 0.1) is 6.10 Å². The third-order valence-corrected chi connectivity index (χ3v) is 5.85. The standard InChI is InChI=1S/C15H22O3/c1-8-5-4-6-10-7-11-12(9(2)14(17)18-11)13(16)15(8,10)3/h8,10-11,13,16H,4-7H2,1-3H3/t8-,10-,11-,13+,15-/m0/s1. The van der Waals surface area contributed by atoms with Gasteiger partial charge in [0.2, 0.25) is 0 Å². The van der Waals surface area contributed by atoms with Crippen molar-refractivity contribution in [3.05, 3.63) is 11.1 Å². The summed E-state index contributed by atoms with van der Waals surface area (Å²) in [6, 6.07) is 0. The summed E-state index contributed by atoms with van der Waals surface area (Å²) in [5.41, 5.74) is 1.43. The van der Waals surface area contributed by atoms with E-state index >= 15 is 0 Å². The number of aliphatic hydroxyl groups is 1. The Morgan fingerprint density at radius 2 is 2.11 bits per heavy atom. The van der Waals surface area contributed by atoms with Crippen LogP contribution in [-0.4, -0.2) is 23.3 Å². The highest BCUT2D eigenvalue weighted by molar-refractivity contribution is 5.92. The number of fused-ring (bicyclic) bond motifs is 2. The first-order valence-electron chi connectivity index (χ1n) is 7.06. The molecule has 1 N–H and O–H groups in total. The molecular formula is C15H22O3. The molecule has 3 aliphatic rings. The molecule has 2 saturated carbocycles. The van der Waals surface area contributed by atoms with Crippen molar-refractivity contribution >= 4 is 5.97 Å². The first-order valence-corrected chi connectivity index (χ1v) is 7.06. The molecule has 1 heterocycles. The number of carbonyl (C=O) groups excluding carboxylic acids is 1. The normalized spacial score (nSPS) is 47.7. The molecule has 3 rings (SSSR count). The van der Waals surface area contributed by atoms with Gasteiger partial charge in [0.25, 0.3) is 0 Å². The summed E-state index contributed by atoms with van der Waals surface area (Å²) in [6.45, 7) is 6.23. The molecule has 5 atom stereocenters. The minimum absolute atomic E-state index is 0.0840. The van der Waals surface area contributed by atoms with Crippen LogP contribution in [0.2, 0.25) is 0 Å². The quantitative estimate of drug-likeness (QED) is 0.672. The van der Waals surface area contributed by atoms with Gasteiger partial charge in [-0.15, -0.1) is 0 Å². The number of rotatable bonds is 0. The lowest BCUT2D eigenvalue weighted by molar-refractivity contribution is -0.145. The summed E-state index contributed by atoms with van der Waals surface area (Å²) in [6.07, 6.45) is 3.79. The second kappa shape index (κ2) is 3.83. The van der Waals surface area contributed by atoms with Crippen molar-refractivity contribution in [3.63, 3.8) is 0 Å². The summed E-state index contributed by atoms with van der Waals surface area (Å²) in [7, 11) is 0. The second-order valence-electron chi connectivity index (χ2n) is 6.51. The molecule has 3 heteroatoms. The lowest BCUT2D eigenvalue weighted by atomic mass is 9.53. The summed E-state index contributed by atoms with van der Waals surface area (Å²) < 4.78 is 5.40. The van der Waals surface area contributed by atoms with E-state index < -0.39 is 6.10 Å². The van der Waals surface area contributed by atoms with Crippen LogP contribution in [0.3, 0.4) is 0 Å². The van der Waals surface area contributed by atoms with E-state index in [4.69, 9.17) is 4.74 Å². The lowest BCUT2D eigenvalue weighted by Crippen LogP contribution is -2.53. The van der Waals surface area contributed by atoms with Gasteiger partial charge in [-0.05, 0) is 31.6 Å². The van der Waals surface area contributed by atoms with Gasteiger partial charge in [-0.25, -0.2) is 4.79 Å². The molecule has 2 fully saturated rings. The van der Waals surface area contributed by atoms with Crippen LogP contribution in [0.4, 0.5) is 0 Å². The Kier molecular flexibility index (Phi) is 2.60. The maximum Gasteiger partial charge on any atom is 0.334 e. The Balaban J connectivity index is 2.04. The van der Waals surface area contributed by atoms with Crippen molar-refractivity contribution in [3.8, 4) is 0 Å². The molecule has 100 valence electrons. The first kappa shape index (κ1) is 12.2. The van der Waals surface area contributed by atoms with Gasteiger partial charge in [0, 0.05) is 16.6 Å². The molecule has 0 aromatic carbocycles. The van der Waals surface area contributed by atoms with E-state index in [2.05, 4.69) is 13.8 Å². The Morgan fingerprint density at radius 1 is 1.39 bits per heavy atom. The number of esters is 1. The molecule has 0 amide bonds. The SMILES string of the molecule is CC1=C2[C@H](C[C@@H]3CCC[C@H](C)[C@]3(C)[C@@H]2O)OC1=O. The molecule has 0 radical (unpaired) electrons. The van der Waals surface area contributed by atoms with Gasteiger partial charge in [-0.2, -0.15) is 0 Å². The van der Waals surface area contributed by atoms with E-state index in [1.165, 1.54) is 12.8 Å². The fourth-order valence-corrected chi connectivity index (χ4v) is 4.35. The Labute approximate surface area is 108 Å². The Hall–Kier alpha value is -0.830. The number of hydrogen-bond acceptors (Lipinski definition) is 3. The predicted octanol–water partition coefficient (Wildman–Crippen LogP) is 2.44. The van der Waals surface area contributed by atoms with Crippen LogP contribution in [0.1, 0.15) is 46.5 Å². The fraction of sp³-hybridized carbons (Fsp3) is 0.800. The molecule has 0 aromatic rings. The maximum absolute atomic E-state index is 11.7. The molecular weight excluding hydrogens is 228 g/mol. The highest BCUT2D eigenvalue weighted by atomic mass is 16.5. The summed E-state index contributed by atoms with van der Waals surface area (Å²) in [5.74, 6) is 0.746. The second-order valence-corrected chi connectivity index (χ2v) is 6.51. The summed E-state index contributed by atoms with van der Waals surface area (Å²) in [5, 5.41) is 10.8. The van der Waals surface area contributed by atoms with E-state index in [9.17, 15) is 9.90 Å². The van der Waals surface area contributed by atoms with Crippen LogP contribution in [0.5, 0.6) is 0 Å². The zero-order chi connectivity index (χ0) is 13.1. The zero-order valence-electron chi connectivity index (χ0n) is 11.4. The Morgan fingerprint density at radius 3 is 2.83 bits per heavy atom. The molecule has 0 unspecified atom stereocenters. The van der Waals surface area contributed by atoms with E-state index in [1.54, 1.807) is 6.92 Å². The van der Waals surface area contributed by atoms with E-state index in [0.29, 0.717) is 17.4 Å². The van der Waals surface area contributed by atoms with Crippen LogP contribution in [0.25, 0.3) is 0 Å². The minimum atomic E-state index is -0.511. The maximum atomic E-state index is 11.7. The molecule has 0 bridgehead atoms. The highest BCUT2D eigenvalue weighted by Crippen LogP contribution is 2.56. The number of aliphatic hydroxyl groups excluding tert-OH is 1. The van der Waals surface area contributed by atoms with Crippen molar-refractivity contribution in [1.82, 2.24) is 0 Å². The molecule has 0 saturated heterocycles. The van der Waals surface area contributed by atoms with Gasteiger partial charge in [-0.3, -0.25) is 0 Å². The van der Waals surface area contributed by atoms with E-state index in [-0.39, 0.29) is 17.5 Å². The van der Waals surface area contributed by atoms with Crippen molar-refractivity contribution in [2.24, 2.45) is 17.3 Å². The van der Waals surface area contributed by atoms with Gasteiger partial charge in [0.15, 0.2) is 0 Å². The van der Waals surface area contributed by atoms with Crippen molar-refractivity contribution in [2.75, 3.05) is 0 Å². The molecule has 3 nitrogen and oxygen atoms in total. The number of hydrogen-bond donors (Lipinski definition) is 1. The smallest absolute Gasteiger partial charge is 0.334 e. The molecule has 18 heavy (non-hydrogen) atoms. The van der Waals surface area contributed by atoms with Crippen LogP contribution in [0, 0.1) is 17.3 Å². The van der Waals surface area contributed by atoms with E-state index in [0.717, 1.165) is 18.4 Å². The Bertz CT molecular complexity index is 425. The van der Waals surface area contributed by atoms with Crippen LogP contribution in [-0.2, 0) is 9.53 Å².